The van der Waals surface area contributed by atoms with Gasteiger partial charge in [-0.2, -0.15) is 5.10 Å². The minimum absolute atomic E-state index is 0.0143. The SMILES string of the molecule is O=C(O)[C@H]1CN(C(=O)c2n[nH]c(=O)c3ccccc23)C[C@@H]1C1CC1. The number of nitrogens with zero attached hydrogens (tertiary/aromatic N) is 2. The van der Waals surface area contributed by atoms with Crippen LogP contribution in [0.2, 0.25) is 0 Å². The maximum atomic E-state index is 12.9. The number of carboxylic acids is 1. The van der Waals surface area contributed by atoms with Gasteiger partial charge < -0.3 is 10.0 Å². The summed E-state index contributed by atoms with van der Waals surface area (Å²) in [5, 5.41) is 16.6. The number of fused-ring (bicyclic) bond motifs is 1. The number of aromatic nitrogens is 2. The highest BCUT2D eigenvalue weighted by Crippen LogP contribution is 2.44. The summed E-state index contributed by atoms with van der Waals surface area (Å²) in [5.74, 6) is -1.27. The number of hydrogen-bond donors (Lipinski definition) is 2. The van der Waals surface area contributed by atoms with Crippen LogP contribution in [0, 0.1) is 17.8 Å². The van der Waals surface area contributed by atoms with Crippen molar-refractivity contribution in [1.29, 1.82) is 0 Å². The fourth-order valence-corrected chi connectivity index (χ4v) is 3.69. The fourth-order valence-electron chi connectivity index (χ4n) is 3.69. The Morgan fingerprint density at radius 2 is 1.88 bits per heavy atom. The molecule has 4 rings (SSSR count). The number of aliphatic carboxylic acids is 1. The molecule has 124 valence electrons. The van der Waals surface area contributed by atoms with Gasteiger partial charge in [-0.3, -0.25) is 14.4 Å². The van der Waals surface area contributed by atoms with Crippen LogP contribution in [0.15, 0.2) is 29.1 Å². The molecule has 2 N–H and O–H groups in total. The zero-order chi connectivity index (χ0) is 16.8. The minimum atomic E-state index is -0.846. The van der Waals surface area contributed by atoms with Crippen LogP contribution in [0.5, 0.6) is 0 Å². The molecule has 0 radical (unpaired) electrons. The summed E-state index contributed by atoms with van der Waals surface area (Å²) in [6.45, 7) is 0.639. The standard InChI is InChI=1S/C17H17N3O4/c21-15-11-4-2-1-3-10(11)14(18-19-15)16(22)20-7-12(9-5-6-9)13(8-20)17(23)24/h1-4,9,12-13H,5-8H2,(H,19,21)(H,23,24)/t12-,13+/m1/s1. The van der Waals surface area contributed by atoms with E-state index in [9.17, 15) is 19.5 Å². The van der Waals surface area contributed by atoms with Crippen LogP contribution in [0.1, 0.15) is 23.3 Å². The number of likely N-dealkylation sites (tertiary alicyclic amines) is 1. The van der Waals surface area contributed by atoms with Crippen LogP contribution in [-0.4, -0.2) is 45.2 Å². The Labute approximate surface area is 137 Å². The summed E-state index contributed by atoms with van der Waals surface area (Å²) >= 11 is 0. The van der Waals surface area contributed by atoms with Gasteiger partial charge >= 0.3 is 5.97 Å². The molecule has 1 saturated carbocycles. The van der Waals surface area contributed by atoms with Crippen LogP contribution in [0.3, 0.4) is 0 Å². The first-order chi connectivity index (χ1) is 11.6. The number of nitrogens with one attached hydrogen (secondary N) is 1. The van der Waals surface area contributed by atoms with E-state index in [4.69, 9.17) is 0 Å². The molecule has 24 heavy (non-hydrogen) atoms. The summed E-state index contributed by atoms with van der Waals surface area (Å²) in [6, 6.07) is 6.81. The summed E-state index contributed by atoms with van der Waals surface area (Å²) in [7, 11) is 0. The molecule has 0 bridgehead atoms. The van der Waals surface area contributed by atoms with Gasteiger partial charge in [0.05, 0.1) is 11.3 Å². The molecule has 1 amide bonds. The van der Waals surface area contributed by atoms with E-state index in [1.165, 1.54) is 0 Å². The van der Waals surface area contributed by atoms with Gasteiger partial charge in [0.25, 0.3) is 11.5 Å². The molecule has 0 unspecified atom stereocenters. The number of H-pyrrole nitrogens is 1. The lowest BCUT2D eigenvalue weighted by molar-refractivity contribution is -0.142. The molecule has 7 heteroatoms. The first-order valence-electron chi connectivity index (χ1n) is 8.05. The number of amides is 1. The van der Waals surface area contributed by atoms with E-state index in [0.29, 0.717) is 23.2 Å². The van der Waals surface area contributed by atoms with Crippen molar-refractivity contribution in [2.24, 2.45) is 17.8 Å². The molecule has 7 nitrogen and oxygen atoms in total. The smallest absolute Gasteiger partial charge is 0.308 e. The topological polar surface area (TPSA) is 103 Å². The van der Waals surface area contributed by atoms with Gasteiger partial charge in [0.1, 0.15) is 0 Å². The molecule has 1 saturated heterocycles. The lowest BCUT2D eigenvalue weighted by atomic mass is 9.92. The number of carbonyl (C=O) groups excluding carboxylic acids is 1. The zero-order valence-corrected chi connectivity index (χ0v) is 12.9. The highest BCUT2D eigenvalue weighted by Gasteiger charge is 2.47. The molecule has 1 aromatic heterocycles. The van der Waals surface area contributed by atoms with Crippen molar-refractivity contribution in [2.45, 2.75) is 12.8 Å². The minimum Gasteiger partial charge on any atom is -0.481 e. The van der Waals surface area contributed by atoms with Crippen LogP contribution in [-0.2, 0) is 4.79 Å². The Hall–Kier alpha value is -2.70. The van der Waals surface area contributed by atoms with Crippen molar-refractivity contribution in [3.63, 3.8) is 0 Å². The molecule has 1 aromatic carbocycles. The Bertz CT molecular complexity index is 887. The highest BCUT2D eigenvalue weighted by atomic mass is 16.4. The molecule has 1 aliphatic carbocycles. The molecule has 2 heterocycles. The quantitative estimate of drug-likeness (QED) is 0.879. The van der Waals surface area contributed by atoms with Gasteiger partial charge in [0.15, 0.2) is 5.69 Å². The van der Waals surface area contributed by atoms with Crippen molar-refractivity contribution in [3.8, 4) is 0 Å². The number of rotatable bonds is 3. The number of carbonyl (C=O) groups is 2. The van der Waals surface area contributed by atoms with Gasteiger partial charge in [-0.1, -0.05) is 18.2 Å². The maximum absolute atomic E-state index is 12.9. The second-order valence-electron chi connectivity index (χ2n) is 6.60. The van der Waals surface area contributed by atoms with E-state index in [-0.39, 0.29) is 29.6 Å². The molecule has 2 fully saturated rings. The monoisotopic (exact) mass is 327 g/mol. The second kappa shape index (κ2) is 5.43. The normalized spacial score (nSPS) is 23.6. The Morgan fingerprint density at radius 3 is 2.54 bits per heavy atom. The van der Waals surface area contributed by atoms with Gasteiger partial charge in [-0.25, -0.2) is 5.10 Å². The van der Waals surface area contributed by atoms with E-state index in [1.807, 2.05) is 0 Å². The predicted molar refractivity (Wildman–Crippen MR) is 85.6 cm³/mol. The number of carboxylic acid groups (broad SMARTS) is 1. The Morgan fingerprint density at radius 1 is 1.17 bits per heavy atom. The average Bonchev–Trinajstić information content (AvgIpc) is 3.33. The van der Waals surface area contributed by atoms with E-state index >= 15 is 0 Å². The van der Waals surface area contributed by atoms with Gasteiger partial charge in [-0.05, 0) is 30.7 Å². The molecule has 1 aliphatic heterocycles. The molecular weight excluding hydrogens is 310 g/mol. The van der Waals surface area contributed by atoms with Gasteiger partial charge in [0, 0.05) is 18.5 Å². The van der Waals surface area contributed by atoms with Gasteiger partial charge in [0.2, 0.25) is 0 Å². The third-order valence-electron chi connectivity index (χ3n) is 5.10. The first-order valence-corrected chi connectivity index (χ1v) is 8.05. The lowest BCUT2D eigenvalue weighted by Gasteiger charge is -2.16. The summed E-state index contributed by atoms with van der Waals surface area (Å²) < 4.78 is 0. The van der Waals surface area contributed by atoms with Crippen molar-refractivity contribution < 1.29 is 14.7 Å². The number of benzene rings is 1. The molecular formula is C17H17N3O4. The van der Waals surface area contributed by atoms with E-state index in [1.54, 1.807) is 29.2 Å². The van der Waals surface area contributed by atoms with Crippen LogP contribution in [0.4, 0.5) is 0 Å². The second-order valence-corrected chi connectivity index (χ2v) is 6.60. The van der Waals surface area contributed by atoms with Crippen LogP contribution in [0.25, 0.3) is 10.8 Å². The fraction of sp³-hybridized carbons (Fsp3) is 0.412. The van der Waals surface area contributed by atoms with E-state index in [0.717, 1.165) is 12.8 Å². The maximum Gasteiger partial charge on any atom is 0.308 e. The zero-order valence-electron chi connectivity index (χ0n) is 12.9. The summed E-state index contributed by atoms with van der Waals surface area (Å²) in [5.41, 5.74) is -0.173. The third kappa shape index (κ3) is 2.36. The summed E-state index contributed by atoms with van der Waals surface area (Å²) in [4.78, 5) is 37.8. The van der Waals surface area contributed by atoms with E-state index < -0.39 is 11.9 Å². The average molecular weight is 327 g/mol. The van der Waals surface area contributed by atoms with E-state index in [2.05, 4.69) is 10.2 Å². The van der Waals surface area contributed by atoms with Crippen LogP contribution >= 0.6 is 0 Å². The molecule has 0 spiro atoms. The number of hydrogen-bond acceptors (Lipinski definition) is 4. The summed E-state index contributed by atoms with van der Waals surface area (Å²) in [6.07, 6.45) is 2.08. The van der Waals surface area contributed by atoms with Crippen molar-refractivity contribution in [3.05, 3.63) is 40.3 Å². The molecule has 2 aromatic rings. The largest absolute Gasteiger partial charge is 0.481 e. The Kier molecular flexibility index (Phi) is 3.37. The number of aromatic amines is 1. The van der Waals surface area contributed by atoms with Crippen molar-refractivity contribution >= 4 is 22.6 Å². The lowest BCUT2D eigenvalue weighted by Crippen LogP contribution is -2.31. The third-order valence-corrected chi connectivity index (χ3v) is 5.10. The first kappa shape index (κ1) is 14.9. The van der Waals surface area contributed by atoms with Crippen molar-refractivity contribution in [2.75, 3.05) is 13.1 Å². The van der Waals surface area contributed by atoms with Gasteiger partial charge in [-0.15, -0.1) is 0 Å². The highest BCUT2D eigenvalue weighted by molar-refractivity contribution is 6.05. The molecule has 2 aliphatic rings. The Balaban J connectivity index is 1.68. The predicted octanol–water partition coefficient (Wildman–Crippen LogP) is 1.11. The van der Waals surface area contributed by atoms with Crippen LogP contribution < -0.4 is 5.56 Å². The molecule has 2 atom stereocenters. The van der Waals surface area contributed by atoms with Crippen molar-refractivity contribution in [1.82, 2.24) is 15.1 Å².